The van der Waals surface area contributed by atoms with Crippen molar-refractivity contribution in [2.75, 3.05) is 19.8 Å². The molecule has 1 unspecified atom stereocenters. The van der Waals surface area contributed by atoms with Crippen LogP contribution in [0.3, 0.4) is 0 Å². The quantitative estimate of drug-likeness (QED) is 0.0287. The molecular weight excluding hydrogens is 1020 g/mol. The Morgan fingerprint density at radius 1 is 0.483 bits per heavy atom. The molecule has 1 aliphatic rings. The van der Waals surface area contributed by atoms with Crippen molar-refractivity contribution in [2.24, 2.45) is 0 Å². The van der Waals surface area contributed by atoms with Crippen LogP contribution in [0.2, 0.25) is 0 Å². The minimum Gasteiger partial charge on any atom is -0.347 e. The summed E-state index contributed by atoms with van der Waals surface area (Å²) in [6.07, 6.45) is -29.6. The predicted octanol–water partition coefficient (Wildman–Crippen LogP) is -6.98. The number of rotatable bonds is 26. The third-order valence-corrected chi connectivity index (χ3v) is 9.55. The highest BCUT2D eigenvalue weighted by atomic mass is 32.3. The van der Waals surface area contributed by atoms with Gasteiger partial charge in [0.15, 0.2) is 12.4 Å². The second-order valence-electron chi connectivity index (χ2n) is 9.66. The zero-order valence-corrected chi connectivity index (χ0v) is 33.8. The van der Waals surface area contributed by atoms with Gasteiger partial charge in [-0.15, -0.1) is 0 Å². The maximum atomic E-state index is 11.8. The normalized spacial score (nSPS) is 24.7. The number of hydrogen-bond donors (Lipinski definition) is 9. The Labute approximate surface area is 327 Å². The largest absolute Gasteiger partial charge is 0.397 e. The molecule has 10 atom stereocenters. The average Bonchev–Trinajstić information content (AvgIpc) is 2.92. The van der Waals surface area contributed by atoms with E-state index in [2.05, 4.69) is 37.6 Å². The van der Waals surface area contributed by atoms with Crippen LogP contribution in [-0.2, 0) is 142 Å². The summed E-state index contributed by atoms with van der Waals surface area (Å²) < 4.78 is 325. The van der Waals surface area contributed by atoms with Crippen molar-refractivity contribution in [1.29, 1.82) is 0 Å². The predicted molar refractivity (Wildman–Crippen MR) is 164 cm³/mol. The topological polar surface area (TPSA) is 574 Å². The first kappa shape index (κ1) is 55.0. The van der Waals surface area contributed by atoms with Gasteiger partial charge in [-0.2, -0.15) is 71.6 Å². The van der Waals surface area contributed by atoms with E-state index < -0.39 is 169 Å². The van der Waals surface area contributed by atoms with Gasteiger partial charge in [0.1, 0.15) is 42.7 Å². The van der Waals surface area contributed by atoms with Crippen molar-refractivity contribution >= 4 is 94.6 Å². The van der Waals surface area contributed by atoms with Gasteiger partial charge in [-0.1, -0.05) is 0 Å². The van der Waals surface area contributed by atoms with Crippen LogP contribution in [0.1, 0.15) is 0 Å². The minimum absolute atomic E-state index is 1.90. The van der Waals surface area contributed by atoms with E-state index in [0.29, 0.717) is 0 Å². The van der Waals surface area contributed by atoms with Gasteiger partial charge in [-0.25, -0.2) is 33.5 Å². The maximum absolute atomic E-state index is 11.8. The summed E-state index contributed by atoms with van der Waals surface area (Å²) in [5.74, 6) is 0. The molecule has 0 saturated carbocycles. The maximum Gasteiger partial charge on any atom is 0.397 e. The average molecular weight is 1050 g/mol. The second-order valence-corrected chi connectivity index (χ2v) is 18.8. The lowest BCUT2D eigenvalue weighted by Gasteiger charge is -2.43. The molecule has 0 aromatic rings. The lowest BCUT2D eigenvalue weighted by Crippen LogP contribution is -2.63. The molecule has 0 aromatic heterocycles. The molecule has 0 bridgehead atoms. The summed E-state index contributed by atoms with van der Waals surface area (Å²) in [6, 6.07) is 0. The molecule has 1 aliphatic heterocycles. The van der Waals surface area contributed by atoms with Gasteiger partial charge in [0.2, 0.25) is 0 Å². The molecule has 0 aliphatic carbocycles. The zero-order chi connectivity index (χ0) is 45.7. The Balaban J connectivity index is 4.17. The third kappa shape index (κ3) is 23.8. The Kier molecular flexibility index (Phi) is 19.4. The van der Waals surface area contributed by atoms with Crippen LogP contribution in [0.15, 0.2) is 0 Å². The lowest BCUT2D eigenvalue weighted by atomic mass is 9.99. The first-order valence-corrected chi connectivity index (χ1v) is 24.7. The smallest absolute Gasteiger partial charge is 0.347 e. The monoisotopic (exact) mass is 1050 g/mol. The summed E-state index contributed by atoms with van der Waals surface area (Å²) >= 11 is -3.98. The highest BCUT2D eigenvalue weighted by Crippen LogP contribution is 2.33. The summed E-state index contributed by atoms with van der Waals surface area (Å²) in [4.78, 5) is 0. The Bertz CT molecular complexity index is 2330. The van der Waals surface area contributed by atoms with Gasteiger partial charge in [0.25, 0.3) is 0 Å². The highest BCUT2D eigenvalue weighted by molar-refractivity contribution is 7.82. The zero-order valence-electron chi connectivity index (χ0n) is 26.4. The minimum atomic E-state index is -6.31. The molecule has 9 N–H and O–H groups in total. The third-order valence-electron chi connectivity index (χ3n) is 5.45. The van der Waals surface area contributed by atoms with E-state index >= 15 is 0 Å². The van der Waals surface area contributed by atoms with Crippen molar-refractivity contribution in [1.82, 2.24) is 0 Å². The molecule has 37 nitrogen and oxygen atoms in total. The van der Waals surface area contributed by atoms with E-state index in [0.717, 1.165) is 0 Å². The molecule has 1 rings (SSSR count). The van der Waals surface area contributed by atoms with Crippen molar-refractivity contribution in [2.45, 2.75) is 55.1 Å². The van der Waals surface area contributed by atoms with E-state index in [1.807, 2.05) is 0 Å². The summed E-state index contributed by atoms with van der Waals surface area (Å²) in [6.45, 7) is -6.25. The first-order valence-electron chi connectivity index (χ1n) is 12.8. The van der Waals surface area contributed by atoms with Crippen molar-refractivity contribution in [3.8, 4) is 0 Å². The molecule has 1 heterocycles. The van der Waals surface area contributed by atoms with Crippen LogP contribution >= 0.6 is 0 Å². The van der Waals surface area contributed by atoms with Gasteiger partial charge in [-0.05, 0) is 0 Å². The fourth-order valence-corrected chi connectivity index (χ4v) is 7.94. The molecule has 46 heteroatoms. The molecule has 0 spiro atoms. The van der Waals surface area contributed by atoms with Gasteiger partial charge in [0.05, 0.1) is 19.8 Å². The van der Waals surface area contributed by atoms with E-state index in [-0.39, 0.29) is 0 Å². The van der Waals surface area contributed by atoms with Gasteiger partial charge >= 0.3 is 94.6 Å². The van der Waals surface area contributed by atoms with E-state index in [1.165, 1.54) is 0 Å². The molecule has 348 valence electrons. The number of hydrogen-bond acceptors (Lipinski definition) is 28. The molecule has 1 saturated heterocycles. The van der Waals surface area contributed by atoms with E-state index in [9.17, 15) is 98.9 Å². The van der Waals surface area contributed by atoms with Crippen molar-refractivity contribution < 1.29 is 160 Å². The molecule has 0 aromatic carbocycles. The van der Waals surface area contributed by atoms with E-state index in [1.54, 1.807) is 0 Å². The summed E-state index contributed by atoms with van der Waals surface area (Å²) in [7, 11) is -48.6. The lowest BCUT2D eigenvalue weighted by molar-refractivity contribution is -0.291. The number of ether oxygens (including phenoxy) is 2. The van der Waals surface area contributed by atoms with Crippen LogP contribution in [0.4, 0.5) is 0 Å². The molecule has 0 amide bonds. The fourth-order valence-electron chi connectivity index (χ4n) is 3.95. The van der Waals surface area contributed by atoms with Crippen molar-refractivity contribution in [3.63, 3.8) is 0 Å². The Hall–Kier alpha value is -1.05. The van der Waals surface area contributed by atoms with Crippen LogP contribution in [0.25, 0.3) is 0 Å². The van der Waals surface area contributed by atoms with Crippen molar-refractivity contribution in [3.05, 3.63) is 0 Å². The second kappa shape index (κ2) is 20.4. The standard InChI is InChI=1S/C12H24O37S9/c13-50(14)43-5(8(46-55(27,28)29)9(47-56(30,31)32)6(44-53(21,22)23)3-41-52(18,19)20)1-39-12-11(49-58(36,37)38)10(48-57(33,34)35)7(45-54(24,25)26)4(42-12)2-40-51(15,16)17/h4-12H,1-3H2,(H,13,14)(H,15,16,17)(H,18,19,20)(H,21,22,23)(H,24,25,26)(H,27,28,29)(H,30,31,32)(H,33,34,35)(H,36,37,38)/t4-,5+,6-,7-,8-,9-,10+,11-,12-/m1/s1. The van der Waals surface area contributed by atoms with Crippen LogP contribution in [0, 0.1) is 0 Å². The highest BCUT2D eigenvalue weighted by Gasteiger charge is 2.55. The molecule has 0 radical (unpaired) electrons. The Morgan fingerprint density at radius 3 is 1.26 bits per heavy atom. The van der Waals surface area contributed by atoms with Gasteiger partial charge in [0, 0.05) is 0 Å². The van der Waals surface area contributed by atoms with Gasteiger partial charge in [-0.3, -0.25) is 45.2 Å². The summed E-state index contributed by atoms with van der Waals surface area (Å²) in [5, 5.41) is 0. The van der Waals surface area contributed by atoms with E-state index in [4.69, 9.17) is 23.1 Å². The fraction of sp³-hybridized carbons (Fsp3) is 1.00. The molecular formula is C12H24O37S9. The first-order chi connectivity index (χ1) is 25.5. The molecule has 1 fully saturated rings. The Morgan fingerprint density at radius 2 is 0.879 bits per heavy atom. The summed E-state index contributed by atoms with van der Waals surface area (Å²) in [5.41, 5.74) is 0. The van der Waals surface area contributed by atoms with Crippen LogP contribution in [0.5, 0.6) is 0 Å². The van der Waals surface area contributed by atoms with Crippen LogP contribution in [-0.4, -0.2) is 187 Å². The van der Waals surface area contributed by atoms with Gasteiger partial charge < -0.3 is 9.47 Å². The molecule has 58 heavy (non-hydrogen) atoms. The van der Waals surface area contributed by atoms with Crippen LogP contribution < -0.4 is 0 Å². The SMILES string of the molecule is O=S(O)O[C@@H](CO[C@@H]1O[C@H](COS(=O)(=O)O)[C@@H](OS(=O)(=O)O)[C@H](OS(=O)(=O)O)[C@H]1OS(=O)(=O)O)[C@@H](OS(=O)(=O)O)[C@H](OS(=O)(=O)O)[C@@H](COS(=O)(=O)O)OS(=O)(=O)O.